The summed E-state index contributed by atoms with van der Waals surface area (Å²) in [5.74, 6) is -2.35. The molecule has 8 heteroatoms. The van der Waals surface area contributed by atoms with Crippen molar-refractivity contribution in [2.45, 2.75) is 24.7 Å². The molecule has 1 heterocycles. The van der Waals surface area contributed by atoms with Crippen LogP contribution in [0.1, 0.15) is 31.1 Å². The fourth-order valence-corrected chi connectivity index (χ4v) is 3.41. The molecule has 0 N–H and O–H groups in total. The number of esters is 3. The number of hydrogen-bond acceptors (Lipinski definition) is 7. The molecule has 0 unspecified atom stereocenters. The third-order valence-electron chi connectivity index (χ3n) is 5.14. The molecule has 1 aliphatic heterocycles. The molecule has 34 heavy (non-hydrogen) atoms. The molecule has 1 aliphatic rings. The van der Waals surface area contributed by atoms with Crippen LogP contribution in [0.2, 0.25) is 0 Å². The van der Waals surface area contributed by atoms with Gasteiger partial charge in [-0.25, -0.2) is 18.8 Å². The highest BCUT2D eigenvalue weighted by molar-refractivity contribution is 5.91. The molecular weight excluding hydrogens is 443 g/mol. The number of benzene rings is 3. The highest BCUT2D eigenvalue weighted by Gasteiger charge is 2.48. The molecule has 0 saturated carbocycles. The average Bonchev–Trinajstić information content (AvgIpc) is 2.89. The van der Waals surface area contributed by atoms with E-state index in [1.165, 1.54) is 24.3 Å². The molecule has 4 rings (SSSR count). The Morgan fingerprint density at radius 2 is 1.00 bits per heavy atom. The first-order valence-corrected chi connectivity index (χ1v) is 10.6. The van der Waals surface area contributed by atoms with Crippen LogP contribution < -0.4 is 0 Å². The Kier molecular flexibility index (Phi) is 7.29. The standard InChI is InChI=1S/C26H21FO7/c27-23-22(34-26(30)19-14-8-3-9-15-19)21(33-25(29)18-12-6-2-7-13-18)20(16-31-23)32-24(28)17-10-4-1-5-11-17/h1-15,20-23H,16H2/t20-,21+,22-,23+/m1/s1. The molecule has 1 saturated heterocycles. The van der Waals surface area contributed by atoms with Gasteiger partial charge in [-0.15, -0.1) is 0 Å². The molecule has 0 radical (unpaired) electrons. The van der Waals surface area contributed by atoms with Crippen LogP contribution in [-0.4, -0.2) is 49.2 Å². The van der Waals surface area contributed by atoms with Crippen molar-refractivity contribution in [2.75, 3.05) is 6.61 Å². The van der Waals surface area contributed by atoms with Crippen molar-refractivity contribution < 1.29 is 37.7 Å². The van der Waals surface area contributed by atoms with E-state index in [-0.39, 0.29) is 16.7 Å². The lowest BCUT2D eigenvalue weighted by Gasteiger charge is -2.37. The zero-order valence-electron chi connectivity index (χ0n) is 17.9. The van der Waals surface area contributed by atoms with E-state index in [1.807, 2.05) is 0 Å². The Labute approximate surface area is 195 Å². The molecule has 0 spiro atoms. The van der Waals surface area contributed by atoms with E-state index in [0.717, 1.165) is 0 Å². The summed E-state index contributed by atoms with van der Waals surface area (Å²) in [6.45, 7) is -0.397. The Hall–Kier alpha value is -4.04. The lowest BCUT2D eigenvalue weighted by molar-refractivity contribution is -0.225. The Morgan fingerprint density at radius 3 is 1.44 bits per heavy atom. The van der Waals surface area contributed by atoms with Crippen LogP contribution >= 0.6 is 0 Å². The fourth-order valence-electron chi connectivity index (χ4n) is 3.41. The van der Waals surface area contributed by atoms with Gasteiger partial charge in [-0.2, -0.15) is 0 Å². The number of carbonyl (C=O) groups excluding carboxylic acids is 3. The van der Waals surface area contributed by atoms with Gasteiger partial charge in [0.15, 0.2) is 18.3 Å². The van der Waals surface area contributed by atoms with Crippen molar-refractivity contribution in [3.8, 4) is 0 Å². The van der Waals surface area contributed by atoms with Gasteiger partial charge in [-0.05, 0) is 36.4 Å². The van der Waals surface area contributed by atoms with E-state index in [1.54, 1.807) is 66.7 Å². The third-order valence-corrected chi connectivity index (χ3v) is 5.14. The molecule has 7 nitrogen and oxygen atoms in total. The van der Waals surface area contributed by atoms with Gasteiger partial charge in [0.2, 0.25) is 6.36 Å². The van der Waals surface area contributed by atoms with Crippen molar-refractivity contribution >= 4 is 17.9 Å². The van der Waals surface area contributed by atoms with Gasteiger partial charge >= 0.3 is 17.9 Å². The first-order chi connectivity index (χ1) is 16.5. The minimum absolute atomic E-state index is 0.172. The average molecular weight is 464 g/mol. The number of halogens is 1. The van der Waals surface area contributed by atoms with E-state index in [2.05, 4.69) is 0 Å². The van der Waals surface area contributed by atoms with Crippen molar-refractivity contribution in [1.82, 2.24) is 0 Å². The predicted octanol–water partition coefficient (Wildman–Crippen LogP) is 3.99. The van der Waals surface area contributed by atoms with E-state index in [9.17, 15) is 18.8 Å². The smallest absolute Gasteiger partial charge is 0.338 e. The fraction of sp³-hybridized carbons (Fsp3) is 0.192. The summed E-state index contributed by atoms with van der Waals surface area (Å²) < 4.78 is 36.3. The van der Waals surface area contributed by atoms with Gasteiger partial charge in [0.25, 0.3) is 0 Å². The van der Waals surface area contributed by atoms with E-state index >= 15 is 0 Å². The van der Waals surface area contributed by atoms with Gasteiger partial charge in [-0.3, -0.25) is 0 Å². The zero-order valence-corrected chi connectivity index (χ0v) is 17.9. The minimum Gasteiger partial charge on any atom is -0.452 e. The molecule has 0 aromatic heterocycles. The predicted molar refractivity (Wildman–Crippen MR) is 118 cm³/mol. The second-order valence-corrected chi connectivity index (χ2v) is 7.47. The van der Waals surface area contributed by atoms with Crippen molar-refractivity contribution in [2.24, 2.45) is 0 Å². The zero-order chi connectivity index (χ0) is 23.9. The molecule has 174 valence electrons. The van der Waals surface area contributed by atoms with Crippen molar-refractivity contribution in [3.05, 3.63) is 108 Å². The van der Waals surface area contributed by atoms with Crippen LogP contribution in [0.4, 0.5) is 4.39 Å². The Balaban J connectivity index is 1.59. The third kappa shape index (κ3) is 5.47. The van der Waals surface area contributed by atoms with Gasteiger partial charge in [-0.1, -0.05) is 54.6 Å². The van der Waals surface area contributed by atoms with Gasteiger partial charge < -0.3 is 18.9 Å². The molecule has 4 atom stereocenters. The monoisotopic (exact) mass is 464 g/mol. The molecular formula is C26H21FO7. The second kappa shape index (κ2) is 10.7. The van der Waals surface area contributed by atoms with Crippen LogP contribution in [-0.2, 0) is 18.9 Å². The summed E-state index contributed by atoms with van der Waals surface area (Å²) in [5, 5.41) is 0. The normalized spacial score (nSPS) is 21.8. The van der Waals surface area contributed by atoms with Crippen molar-refractivity contribution in [3.63, 3.8) is 0 Å². The van der Waals surface area contributed by atoms with Crippen LogP contribution in [0.3, 0.4) is 0 Å². The van der Waals surface area contributed by atoms with E-state index in [4.69, 9.17) is 18.9 Å². The summed E-state index contributed by atoms with van der Waals surface area (Å²) in [6.07, 6.45) is -6.44. The van der Waals surface area contributed by atoms with Crippen LogP contribution in [0.5, 0.6) is 0 Å². The molecule has 3 aromatic carbocycles. The van der Waals surface area contributed by atoms with Gasteiger partial charge in [0, 0.05) is 0 Å². The Bertz CT molecular complexity index is 1120. The largest absolute Gasteiger partial charge is 0.452 e. The molecule has 0 amide bonds. The maximum Gasteiger partial charge on any atom is 0.338 e. The lowest BCUT2D eigenvalue weighted by Crippen LogP contribution is -2.56. The highest BCUT2D eigenvalue weighted by atomic mass is 19.1. The maximum atomic E-state index is 14.8. The summed E-state index contributed by atoms with van der Waals surface area (Å²) in [6, 6.07) is 24.1. The quantitative estimate of drug-likeness (QED) is 0.403. The molecule has 0 bridgehead atoms. The first-order valence-electron chi connectivity index (χ1n) is 10.6. The van der Waals surface area contributed by atoms with Crippen LogP contribution in [0.25, 0.3) is 0 Å². The van der Waals surface area contributed by atoms with E-state index < -0.39 is 49.2 Å². The molecule has 1 fully saturated rings. The number of carbonyl (C=O) groups is 3. The van der Waals surface area contributed by atoms with Crippen molar-refractivity contribution in [1.29, 1.82) is 0 Å². The topological polar surface area (TPSA) is 88.1 Å². The summed E-state index contributed by atoms with van der Waals surface area (Å²) >= 11 is 0. The summed E-state index contributed by atoms with van der Waals surface area (Å²) in [4.78, 5) is 38.0. The number of ether oxygens (including phenoxy) is 4. The highest BCUT2D eigenvalue weighted by Crippen LogP contribution is 2.27. The van der Waals surface area contributed by atoms with Gasteiger partial charge in [0.1, 0.15) is 0 Å². The number of alkyl halides is 1. The SMILES string of the molecule is O=C(O[C@@H]1[C@@H](OC(=O)c2ccccc2)[C@H](OC(=O)c2ccccc2)CO[C@@H]1F)c1ccccc1. The molecule has 0 aliphatic carbocycles. The van der Waals surface area contributed by atoms with Crippen LogP contribution in [0, 0.1) is 0 Å². The summed E-state index contributed by atoms with van der Waals surface area (Å²) in [5.41, 5.74) is 0.618. The molecule has 3 aromatic rings. The lowest BCUT2D eigenvalue weighted by atomic mass is 10.0. The second-order valence-electron chi connectivity index (χ2n) is 7.47. The summed E-state index contributed by atoms with van der Waals surface area (Å²) in [7, 11) is 0. The van der Waals surface area contributed by atoms with Gasteiger partial charge in [0.05, 0.1) is 23.3 Å². The number of hydrogen-bond donors (Lipinski definition) is 0. The van der Waals surface area contributed by atoms with Crippen LogP contribution in [0.15, 0.2) is 91.0 Å². The number of rotatable bonds is 6. The first kappa shape index (κ1) is 23.1. The Morgan fingerprint density at radius 1 is 0.618 bits per heavy atom. The van der Waals surface area contributed by atoms with E-state index in [0.29, 0.717) is 0 Å². The maximum absolute atomic E-state index is 14.8. The minimum atomic E-state index is -2.10.